The van der Waals surface area contributed by atoms with E-state index in [0.29, 0.717) is 5.75 Å². The molecule has 2 rings (SSSR count). The van der Waals surface area contributed by atoms with Crippen molar-refractivity contribution in [2.75, 3.05) is 39.8 Å². The van der Waals surface area contributed by atoms with Crippen LogP contribution in [0.2, 0.25) is 0 Å². The van der Waals surface area contributed by atoms with Crippen molar-refractivity contribution in [2.24, 2.45) is 0 Å². The molecule has 2 N–H and O–H groups in total. The lowest BCUT2D eigenvalue weighted by molar-refractivity contribution is 0.237. The summed E-state index contributed by atoms with van der Waals surface area (Å²) in [6, 6.07) is 3.85. The molecule has 20 heavy (non-hydrogen) atoms. The van der Waals surface area contributed by atoms with E-state index in [1.807, 2.05) is 12.1 Å². The number of rotatable bonds is 6. The minimum Gasteiger partial charge on any atom is -0.503 e. The van der Waals surface area contributed by atoms with Gasteiger partial charge in [-0.1, -0.05) is 6.07 Å². The van der Waals surface area contributed by atoms with Gasteiger partial charge in [0.25, 0.3) is 0 Å². The average Bonchev–Trinajstić information content (AvgIpc) is 2.49. The second-order valence-electron chi connectivity index (χ2n) is 5.14. The van der Waals surface area contributed by atoms with Crippen molar-refractivity contribution in [3.63, 3.8) is 0 Å². The van der Waals surface area contributed by atoms with Crippen LogP contribution in [0.15, 0.2) is 16.6 Å². The molecule has 0 aliphatic carbocycles. The number of aryl methyl sites for hydroxylation is 1. The Morgan fingerprint density at radius 1 is 1.30 bits per heavy atom. The van der Waals surface area contributed by atoms with Crippen LogP contribution in [0.1, 0.15) is 18.4 Å². The first-order valence-corrected chi connectivity index (χ1v) is 7.99. The van der Waals surface area contributed by atoms with Crippen molar-refractivity contribution in [1.82, 2.24) is 10.2 Å². The molecule has 0 aromatic heterocycles. The van der Waals surface area contributed by atoms with Gasteiger partial charge in [-0.3, -0.25) is 0 Å². The van der Waals surface area contributed by atoms with E-state index < -0.39 is 0 Å². The SMILES string of the molecule is COc1ccc(CCCCN2CCNCC2)c(Br)c1O. The number of phenols is 1. The van der Waals surface area contributed by atoms with E-state index >= 15 is 0 Å². The van der Waals surface area contributed by atoms with E-state index in [-0.39, 0.29) is 5.75 Å². The van der Waals surface area contributed by atoms with Crippen LogP contribution in [0.3, 0.4) is 0 Å². The Kier molecular flexibility index (Phi) is 6.13. The molecule has 1 heterocycles. The summed E-state index contributed by atoms with van der Waals surface area (Å²) < 4.78 is 5.86. The van der Waals surface area contributed by atoms with E-state index in [2.05, 4.69) is 26.1 Å². The fourth-order valence-electron chi connectivity index (χ4n) is 2.53. The summed E-state index contributed by atoms with van der Waals surface area (Å²) in [5, 5.41) is 13.3. The van der Waals surface area contributed by atoms with Gasteiger partial charge in [0.1, 0.15) is 0 Å². The molecule has 0 spiro atoms. The second-order valence-corrected chi connectivity index (χ2v) is 5.93. The molecule has 0 radical (unpaired) electrons. The summed E-state index contributed by atoms with van der Waals surface area (Å²) in [5.74, 6) is 0.716. The summed E-state index contributed by atoms with van der Waals surface area (Å²) in [7, 11) is 1.56. The van der Waals surface area contributed by atoms with Crippen molar-refractivity contribution in [1.29, 1.82) is 0 Å². The zero-order valence-electron chi connectivity index (χ0n) is 12.0. The number of aromatic hydroxyl groups is 1. The van der Waals surface area contributed by atoms with Crippen LogP contribution >= 0.6 is 15.9 Å². The van der Waals surface area contributed by atoms with Gasteiger partial charge in [0.2, 0.25) is 0 Å². The molecule has 5 heteroatoms. The van der Waals surface area contributed by atoms with Gasteiger partial charge < -0.3 is 20.1 Å². The monoisotopic (exact) mass is 342 g/mol. The molecule has 4 nitrogen and oxygen atoms in total. The summed E-state index contributed by atoms with van der Waals surface area (Å²) >= 11 is 3.45. The van der Waals surface area contributed by atoms with Gasteiger partial charge in [0.15, 0.2) is 11.5 Å². The minimum atomic E-state index is 0.201. The van der Waals surface area contributed by atoms with Gasteiger partial charge in [-0.25, -0.2) is 0 Å². The molecule has 1 aliphatic rings. The van der Waals surface area contributed by atoms with Crippen LogP contribution in [-0.4, -0.2) is 49.8 Å². The Morgan fingerprint density at radius 2 is 2.05 bits per heavy atom. The zero-order chi connectivity index (χ0) is 14.4. The third-order valence-electron chi connectivity index (χ3n) is 3.76. The van der Waals surface area contributed by atoms with E-state index in [4.69, 9.17) is 4.74 Å². The van der Waals surface area contributed by atoms with Gasteiger partial charge in [0, 0.05) is 26.2 Å². The zero-order valence-corrected chi connectivity index (χ0v) is 13.6. The van der Waals surface area contributed by atoms with Crippen LogP contribution in [-0.2, 0) is 6.42 Å². The molecule has 1 fully saturated rings. The summed E-state index contributed by atoms with van der Waals surface area (Å²) in [5.41, 5.74) is 1.14. The molecule has 1 aromatic carbocycles. The van der Waals surface area contributed by atoms with Crippen molar-refractivity contribution in [3.05, 3.63) is 22.2 Å². The molecule has 0 atom stereocenters. The normalized spacial score (nSPS) is 16.3. The van der Waals surface area contributed by atoms with Crippen molar-refractivity contribution >= 4 is 15.9 Å². The molecule has 0 unspecified atom stereocenters. The maximum atomic E-state index is 9.95. The summed E-state index contributed by atoms with van der Waals surface area (Å²) in [6.07, 6.45) is 3.30. The molecular formula is C15H23BrN2O2. The maximum Gasteiger partial charge on any atom is 0.172 e. The second kappa shape index (κ2) is 7.86. The highest BCUT2D eigenvalue weighted by Gasteiger charge is 2.11. The Bertz CT molecular complexity index is 434. The maximum absolute atomic E-state index is 9.95. The van der Waals surface area contributed by atoms with Gasteiger partial charge in [-0.2, -0.15) is 0 Å². The van der Waals surface area contributed by atoms with Gasteiger partial charge >= 0.3 is 0 Å². The Morgan fingerprint density at radius 3 is 2.75 bits per heavy atom. The highest BCUT2D eigenvalue weighted by Crippen LogP contribution is 2.36. The van der Waals surface area contributed by atoms with Crippen molar-refractivity contribution < 1.29 is 9.84 Å². The lowest BCUT2D eigenvalue weighted by Gasteiger charge is -2.27. The largest absolute Gasteiger partial charge is 0.503 e. The molecule has 0 saturated carbocycles. The van der Waals surface area contributed by atoms with Gasteiger partial charge in [-0.05, 0) is 53.4 Å². The number of hydrogen-bond donors (Lipinski definition) is 2. The summed E-state index contributed by atoms with van der Waals surface area (Å²) in [6.45, 7) is 5.71. The average molecular weight is 343 g/mol. The topological polar surface area (TPSA) is 44.7 Å². The number of unbranched alkanes of at least 4 members (excludes halogenated alkanes) is 1. The molecule has 1 aromatic rings. The molecule has 1 aliphatic heterocycles. The van der Waals surface area contributed by atoms with Crippen LogP contribution in [0, 0.1) is 0 Å². The number of hydrogen-bond acceptors (Lipinski definition) is 4. The predicted molar refractivity (Wildman–Crippen MR) is 84.6 cm³/mol. The third-order valence-corrected chi connectivity index (χ3v) is 4.64. The molecule has 112 valence electrons. The Labute approximate surface area is 129 Å². The number of methoxy groups -OCH3 is 1. The molecular weight excluding hydrogens is 320 g/mol. The van der Waals surface area contributed by atoms with Gasteiger partial charge in [0.05, 0.1) is 11.6 Å². The Hall–Kier alpha value is -0.780. The van der Waals surface area contributed by atoms with E-state index in [9.17, 15) is 5.11 Å². The Balaban J connectivity index is 1.77. The smallest absolute Gasteiger partial charge is 0.172 e. The highest BCUT2D eigenvalue weighted by molar-refractivity contribution is 9.10. The number of halogens is 1. The summed E-state index contributed by atoms with van der Waals surface area (Å²) in [4.78, 5) is 2.51. The van der Waals surface area contributed by atoms with E-state index in [0.717, 1.165) is 49.1 Å². The number of nitrogens with zero attached hydrogens (tertiary/aromatic N) is 1. The number of benzene rings is 1. The predicted octanol–water partition coefficient (Wildman–Crippen LogP) is 2.39. The van der Waals surface area contributed by atoms with E-state index in [1.165, 1.54) is 13.0 Å². The highest BCUT2D eigenvalue weighted by atomic mass is 79.9. The van der Waals surface area contributed by atoms with E-state index in [1.54, 1.807) is 7.11 Å². The fraction of sp³-hybridized carbons (Fsp3) is 0.600. The van der Waals surface area contributed by atoms with Crippen molar-refractivity contribution in [2.45, 2.75) is 19.3 Å². The first-order chi connectivity index (χ1) is 9.72. The first-order valence-electron chi connectivity index (χ1n) is 7.19. The number of phenolic OH excluding ortho intramolecular Hbond substituents is 1. The van der Waals surface area contributed by atoms with Crippen LogP contribution < -0.4 is 10.1 Å². The number of piperazine rings is 1. The minimum absolute atomic E-state index is 0.201. The van der Waals surface area contributed by atoms with Gasteiger partial charge in [-0.15, -0.1) is 0 Å². The lowest BCUT2D eigenvalue weighted by atomic mass is 10.1. The van der Waals surface area contributed by atoms with Crippen LogP contribution in [0.4, 0.5) is 0 Å². The lowest BCUT2D eigenvalue weighted by Crippen LogP contribution is -2.43. The number of nitrogens with one attached hydrogen (secondary N) is 1. The number of ether oxygens (including phenoxy) is 1. The quantitative estimate of drug-likeness (QED) is 0.779. The molecule has 1 saturated heterocycles. The van der Waals surface area contributed by atoms with Crippen LogP contribution in [0.5, 0.6) is 11.5 Å². The van der Waals surface area contributed by atoms with Crippen LogP contribution in [0.25, 0.3) is 0 Å². The van der Waals surface area contributed by atoms with Crippen molar-refractivity contribution in [3.8, 4) is 11.5 Å². The fourth-order valence-corrected chi connectivity index (χ4v) is 3.06. The third kappa shape index (κ3) is 4.11. The molecule has 0 bridgehead atoms. The molecule has 0 amide bonds. The standard InChI is InChI=1S/C15H23BrN2O2/c1-20-13-6-5-12(14(16)15(13)19)4-2-3-9-18-10-7-17-8-11-18/h5-6,17,19H,2-4,7-11H2,1H3. The first kappa shape index (κ1) is 15.6.